The maximum Gasteiger partial charge on any atom is 0.315 e. The van der Waals surface area contributed by atoms with E-state index in [1.807, 2.05) is 61.2 Å². The highest BCUT2D eigenvalue weighted by molar-refractivity contribution is 6.07. The van der Waals surface area contributed by atoms with Crippen LogP contribution in [0.15, 0.2) is 48.5 Å². The number of carbonyl (C=O) groups is 2. The maximum absolute atomic E-state index is 13.0. The lowest BCUT2D eigenvalue weighted by atomic mass is 10.1. The zero-order valence-corrected chi connectivity index (χ0v) is 15.5. The first-order chi connectivity index (χ1) is 12.5. The van der Waals surface area contributed by atoms with Crippen LogP contribution in [0.5, 0.6) is 0 Å². The molecule has 2 aromatic carbocycles. The molecule has 0 saturated heterocycles. The molecule has 0 bridgehead atoms. The number of anilines is 1. The van der Waals surface area contributed by atoms with Gasteiger partial charge in [-0.1, -0.05) is 30.3 Å². The van der Waals surface area contributed by atoms with Gasteiger partial charge < -0.3 is 15.5 Å². The van der Waals surface area contributed by atoms with E-state index in [1.165, 1.54) is 0 Å². The molecule has 3 rings (SSSR count). The van der Waals surface area contributed by atoms with E-state index in [-0.39, 0.29) is 24.0 Å². The van der Waals surface area contributed by atoms with Gasteiger partial charge in [0.2, 0.25) is 0 Å². The van der Waals surface area contributed by atoms with Crippen LogP contribution >= 0.6 is 0 Å². The molecule has 0 spiro atoms. The fourth-order valence-electron chi connectivity index (χ4n) is 3.29. The lowest BCUT2D eigenvalue weighted by Gasteiger charge is -2.23. The van der Waals surface area contributed by atoms with Gasteiger partial charge >= 0.3 is 6.03 Å². The number of hydrogen-bond donors (Lipinski definition) is 2. The average Bonchev–Trinajstić information content (AvgIpc) is 2.94. The van der Waals surface area contributed by atoms with Crippen molar-refractivity contribution < 1.29 is 9.59 Å². The average molecular weight is 351 g/mol. The van der Waals surface area contributed by atoms with Crippen LogP contribution in [0.1, 0.15) is 42.3 Å². The van der Waals surface area contributed by atoms with Gasteiger partial charge in [-0.15, -0.1) is 0 Å². The SMILES string of the molecule is CC(C)NC(=O)NCc1ccc2c(c1)N(C(=O)c1ccccc1)[C@H](C)C2. The van der Waals surface area contributed by atoms with Crippen LogP contribution in [0.25, 0.3) is 0 Å². The van der Waals surface area contributed by atoms with E-state index in [0.717, 1.165) is 23.2 Å². The Balaban J connectivity index is 1.78. The number of fused-ring (bicyclic) bond motifs is 1. The molecule has 0 aromatic heterocycles. The Labute approximate surface area is 154 Å². The smallest absolute Gasteiger partial charge is 0.315 e. The Hall–Kier alpha value is -2.82. The fourth-order valence-corrected chi connectivity index (χ4v) is 3.29. The van der Waals surface area contributed by atoms with Crippen LogP contribution in [-0.2, 0) is 13.0 Å². The van der Waals surface area contributed by atoms with Gasteiger partial charge in [-0.3, -0.25) is 4.79 Å². The number of nitrogens with one attached hydrogen (secondary N) is 2. The number of benzene rings is 2. The Bertz CT molecular complexity index is 802. The molecule has 1 atom stereocenters. The van der Waals surface area contributed by atoms with Crippen LogP contribution in [0.4, 0.5) is 10.5 Å². The second-order valence-corrected chi connectivity index (χ2v) is 7.04. The predicted octanol–water partition coefficient (Wildman–Crippen LogP) is 3.49. The summed E-state index contributed by atoms with van der Waals surface area (Å²) in [4.78, 5) is 26.6. The third kappa shape index (κ3) is 3.87. The zero-order valence-electron chi connectivity index (χ0n) is 15.5. The largest absolute Gasteiger partial charge is 0.336 e. The number of hydrogen-bond acceptors (Lipinski definition) is 2. The van der Waals surface area contributed by atoms with Crippen LogP contribution in [-0.4, -0.2) is 24.0 Å². The van der Waals surface area contributed by atoms with E-state index < -0.39 is 0 Å². The van der Waals surface area contributed by atoms with Crippen molar-refractivity contribution >= 4 is 17.6 Å². The van der Waals surface area contributed by atoms with Gasteiger partial charge in [0.05, 0.1) is 0 Å². The molecule has 5 heteroatoms. The molecule has 3 amide bonds. The number of rotatable bonds is 4. The number of carbonyl (C=O) groups excluding carboxylic acids is 2. The van der Waals surface area contributed by atoms with Crippen molar-refractivity contribution in [2.24, 2.45) is 0 Å². The number of nitrogens with zero attached hydrogens (tertiary/aromatic N) is 1. The van der Waals surface area contributed by atoms with Gasteiger partial charge in [-0.25, -0.2) is 4.79 Å². The predicted molar refractivity (Wildman–Crippen MR) is 103 cm³/mol. The maximum atomic E-state index is 13.0. The Morgan fingerprint density at radius 2 is 1.88 bits per heavy atom. The molecule has 0 radical (unpaired) electrons. The molecule has 2 aromatic rings. The summed E-state index contributed by atoms with van der Waals surface area (Å²) in [7, 11) is 0. The lowest BCUT2D eigenvalue weighted by molar-refractivity contribution is 0.0981. The molecule has 26 heavy (non-hydrogen) atoms. The van der Waals surface area contributed by atoms with Gasteiger partial charge in [-0.05, 0) is 56.5 Å². The minimum atomic E-state index is -0.189. The highest BCUT2D eigenvalue weighted by Gasteiger charge is 2.31. The highest BCUT2D eigenvalue weighted by Crippen LogP contribution is 2.34. The van der Waals surface area contributed by atoms with Crippen LogP contribution in [0.3, 0.4) is 0 Å². The quantitative estimate of drug-likeness (QED) is 0.886. The minimum absolute atomic E-state index is 0.0134. The Morgan fingerprint density at radius 1 is 1.15 bits per heavy atom. The summed E-state index contributed by atoms with van der Waals surface area (Å²) in [5.41, 5.74) is 3.77. The minimum Gasteiger partial charge on any atom is -0.336 e. The summed E-state index contributed by atoms with van der Waals surface area (Å²) in [6, 6.07) is 15.4. The van der Waals surface area contributed by atoms with E-state index in [9.17, 15) is 9.59 Å². The van der Waals surface area contributed by atoms with Crippen molar-refractivity contribution in [1.29, 1.82) is 0 Å². The van der Waals surface area contributed by atoms with Gasteiger partial charge in [0.25, 0.3) is 5.91 Å². The topological polar surface area (TPSA) is 61.4 Å². The molecule has 0 aliphatic carbocycles. The molecule has 1 heterocycles. The monoisotopic (exact) mass is 351 g/mol. The molecule has 0 unspecified atom stereocenters. The second-order valence-electron chi connectivity index (χ2n) is 7.04. The van der Waals surface area contributed by atoms with Crippen molar-refractivity contribution in [1.82, 2.24) is 10.6 Å². The van der Waals surface area contributed by atoms with Crippen LogP contribution < -0.4 is 15.5 Å². The van der Waals surface area contributed by atoms with E-state index in [1.54, 1.807) is 0 Å². The molecular weight excluding hydrogens is 326 g/mol. The molecular formula is C21H25N3O2. The summed E-state index contributed by atoms with van der Waals surface area (Å²) >= 11 is 0. The molecule has 1 aliphatic rings. The summed E-state index contributed by atoms with van der Waals surface area (Å²) in [5.74, 6) is 0.0134. The third-order valence-electron chi connectivity index (χ3n) is 4.48. The molecule has 1 aliphatic heterocycles. The standard InChI is InChI=1S/C21H25N3O2/c1-14(2)23-21(26)22-13-16-9-10-18-11-15(3)24(19(18)12-16)20(25)17-7-5-4-6-8-17/h4-10,12,14-15H,11,13H2,1-3H3,(H2,22,23,26)/t15-/m1/s1. The van der Waals surface area contributed by atoms with Gasteiger partial charge in [0.1, 0.15) is 0 Å². The van der Waals surface area contributed by atoms with Crippen molar-refractivity contribution in [3.05, 3.63) is 65.2 Å². The Morgan fingerprint density at radius 3 is 2.58 bits per heavy atom. The number of urea groups is 1. The molecule has 0 fully saturated rings. The Kier molecular flexibility index (Phi) is 5.26. The summed E-state index contributed by atoms with van der Waals surface area (Å²) in [6.45, 7) is 6.33. The van der Waals surface area contributed by atoms with Crippen molar-refractivity contribution in [3.63, 3.8) is 0 Å². The first-order valence-electron chi connectivity index (χ1n) is 9.00. The van der Waals surface area contributed by atoms with Crippen molar-refractivity contribution in [3.8, 4) is 0 Å². The van der Waals surface area contributed by atoms with Crippen LogP contribution in [0.2, 0.25) is 0 Å². The van der Waals surface area contributed by atoms with Gasteiger partial charge in [-0.2, -0.15) is 0 Å². The summed E-state index contributed by atoms with van der Waals surface area (Å²) in [5, 5.41) is 5.66. The van der Waals surface area contributed by atoms with Gasteiger partial charge in [0, 0.05) is 29.9 Å². The van der Waals surface area contributed by atoms with Crippen LogP contribution in [0, 0.1) is 0 Å². The lowest BCUT2D eigenvalue weighted by Crippen LogP contribution is -2.39. The second kappa shape index (κ2) is 7.60. The van der Waals surface area contributed by atoms with E-state index >= 15 is 0 Å². The van der Waals surface area contributed by atoms with Crippen molar-refractivity contribution in [2.45, 2.75) is 45.8 Å². The van der Waals surface area contributed by atoms with E-state index in [0.29, 0.717) is 12.1 Å². The zero-order chi connectivity index (χ0) is 18.7. The summed E-state index contributed by atoms with van der Waals surface area (Å²) in [6.07, 6.45) is 0.843. The first-order valence-corrected chi connectivity index (χ1v) is 9.00. The normalized spacial score (nSPS) is 15.7. The third-order valence-corrected chi connectivity index (χ3v) is 4.48. The van der Waals surface area contributed by atoms with Gasteiger partial charge in [0.15, 0.2) is 0 Å². The molecule has 136 valence electrons. The molecule has 0 saturated carbocycles. The van der Waals surface area contributed by atoms with E-state index in [2.05, 4.69) is 23.6 Å². The fraction of sp³-hybridized carbons (Fsp3) is 0.333. The van der Waals surface area contributed by atoms with Crippen molar-refractivity contribution in [2.75, 3.05) is 4.90 Å². The number of amides is 3. The highest BCUT2D eigenvalue weighted by atomic mass is 16.2. The summed E-state index contributed by atoms with van der Waals surface area (Å²) < 4.78 is 0. The first kappa shape index (κ1) is 18.0. The molecule has 2 N–H and O–H groups in total. The van der Waals surface area contributed by atoms with E-state index in [4.69, 9.17) is 0 Å². The molecule has 5 nitrogen and oxygen atoms in total.